The quantitative estimate of drug-likeness (QED) is 0.787. The minimum atomic E-state index is -2.34. The molecular weight excluding hydrogens is 338 g/mol. The van der Waals surface area contributed by atoms with Crippen LogP contribution in [0.3, 0.4) is 0 Å². The molecule has 1 fully saturated rings. The van der Waals surface area contributed by atoms with E-state index in [2.05, 4.69) is 0 Å². The van der Waals surface area contributed by atoms with Crippen molar-refractivity contribution in [1.29, 1.82) is 0 Å². The number of nitrogens with two attached hydrogens (primary N) is 1. The molecule has 4 nitrogen and oxygen atoms in total. The van der Waals surface area contributed by atoms with Crippen LogP contribution in [0.15, 0.2) is 54.6 Å². The number of primary amides is 1. The second-order valence-corrected chi connectivity index (χ2v) is 6.79. The molecule has 0 radical (unpaired) electrons. The Morgan fingerprint density at radius 1 is 1.15 bits per heavy atom. The van der Waals surface area contributed by atoms with Gasteiger partial charge in [-0.05, 0) is 29.7 Å². The van der Waals surface area contributed by atoms with E-state index < -0.39 is 12.3 Å². The molecule has 0 aromatic heterocycles. The Balaban J connectivity index is 1.82. The van der Waals surface area contributed by atoms with E-state index in [9.17, 15) is 13.6 Å². The van der Waals surface area contributed by atoms with Crippen molar-refractivity contribution in [3.05, 3.63) is 65.7 Å². The molecule has 0 aliphatic carbocycles. The van der Waals surface area contributed by atoms with Gasteiger partial charge in [-0.2, -0.15) is 0 Å². The number of amides is 1. The van der Waals surface area contributed by atoms with Crippen LogP contribution < -0.4 is 10.5 Å². The van der Waals surface area contributed by atoms with Crippen molar-refractivity contribution in [3.8, 4) is 5.75 Å². The van der Waals surface area contributed by atoms with E-state index in [4.69, 9.17) is 10.5 Å². The monoisotopic (exact) mass is 360 g/mol. The highest BCUT2D eigenvalue weighted by Gasteiger charge is 2.45. The Morgan fingerprint density at radius 2 is 1.88 bits per heavy atom. The first kappa shape index (κ1) is 18.3. The summed E-state index contributed by atoms with van der Waals surface area (Å²) in [6.45, 7) is 0.720. The maximum Gasteiger partial charge on any atom is 0.255 e. The number of alkyl halides is 2. The molecule has 0 atom stereocenters. The fraction of sp³-hybridized carbons (Fsp3) is 0.350. The summed E-state index contributed by atoms with van der Waals surface area (Å²) in [5, 5.41) is 0. The van der Waals surface area contributed by atoms with Crippen molar-refractivity contribution < 1.29 is 18.3 Å². The lowest BCUT2D eigenvalue weighted by molar-refractivity contribution is -0.119. The zero-order valence-corrected chi connectivity index (χ0v) is 14.4. The number of rotatable bonds is 8. The standard InChI is InChI=1S/C20H22F2N2O2/c21-18(22)11-24-13-20(14-24,10-15-5-2-1-3-6-15)16-7-4-8-17(9-16)26-12-19(23)25/h1-9,18H,10-14H2,(H2,23,25). The molecule has 138 valence electrons. The summed E-state index contributed by atoms with van der Waals surface area (Å²) in [6.07, 6.45) is -1.58. The van der Waals surface area contributed by atoms with Crippen molar-refractivity contribution in [2.75, 3.05) is 26.2 Å². The summed E-state index contributed by atoms with van der Waals surface area (Å²) >= 11 is 0. The molecule has 1 heterocycles. The zero-order valence-electron chi connectivity index (χ0n) is 14.4. The molecule has 3 rings (SSSR count). The lowest BCUT2D eigenvalue weighted by atomic mass is 9.69. The highest BCUT2D eigenvalue weighted by atomic mass is 19.3. The number of likely N-dealkylation sites (tertiary alicyclic amines) is 1. The summed E-state index contributed by atoms with van der Waals surface area (Å²) in [5.74, 6) is 0.0159. The van der Waals surface area contributed by atoms with E-state index in [0.29, 0.717) is 18.8 Å². The van der Waals surface area contributed by atoms with Crippen LogP contribution in [-0.4, -0.2) is 43.5 Å². The number of hydrogen-bond acceptors (Lipinski definition) is 3. The van der Waals surface area contributed by atoms with E-state index in [0.717, 1.165) is 17.5 Å². The van der Waals surface area contributed by atoms with Crippen LogP contribution in [0.2, 0.25) is 0 Å². The fourth-order valence-electron chi connectivity index (χ4n) is 3.59. The Labute approximate surface area is 151 Å². The number of carbonyl (C=O) groups is 1. The number of hydrogen-bond donors (Lipinski definition) is 1. The molecule has 1 aliphatic heterocycles. The third kappa shape index (κ3) is 4.38. The summed E-state index contributed by atoms with van der Waals surface area (Å²) in [6, 6.07) is 17.5. The second kappa shape index (κ2) is 7.83. The number of halogens is 2. The number of benzene rings is 2. The molecule has 6 heteroatoms. The first-order valence-electron chi connectivity index (χ1n) is 8.53. The van der Waals surface area contributed by atoms with Crippen LogP contribution in [0.1, 0.15) is 11.1 Å². The Morgan fingerprint density at radius 3 is 2.54 bits per heavy atom. The summed E-state index contributed by atoms with van der Waals surface area (Å²) in [4.78, 5) is 12.7. The normalized spacial score (nSPS) is 16.3. The molecule has 2 aromatic carbocycles. The maximum absolute atomic E-state index is 12.7. The van der Waals surface area contributed by atoms with E-state index >= 15 is 0 Å². The predicted octanol–water partition coefficient (Wildman–Crippen LogP) is 2.61. The highest BCUT2D eigenvalue weighted by Crippen LogP contribution is 2.39. The molecule has 0 unspecified atom stereocenters. The molecule has 0 bridgehead atoms. The van der Waals surface area contributed by atoms with Gasteiger partial charge in [-0.15, -0.1) is 0 Å². The molecule has 1 amide bonds. The van der Waals surface area contributed by atoms with Crippen molar-refractivity contribution in [2.45, 2.75) is 18.3 Å². The van der Waals surface area contributed by atoms with Gasteiger partial charge in [0, 0.05) is 18.5 Å². The van der Waals surface area contributed by atoms with Crippen LogP contribution in [0, 0.1) is 0 Å². The average Bonchev–Trinajstić information content (AvgIpc) is 2.58. The Kier molecular flexibility index (Phi) is 5.52. The van der Waals surface area contributed by atoms with Crippen LogP contribution in [0.4, 0.5) is 8.78 Å². The third-order valence-corrected chi connectivity index (χ3v) is 4.66. The topological polar surface area (TPSA) is 55.6 Å². The zero-order chi connectivity index (χ0) is 18.6. The molecule has 1 aliphatic rings. The second-order valence-electron chi connectivity index (χ2n) is 6.79. The van der Waals surface area contributed by atoms with Gasteiger partial charge in [-0.1, -0.05) is 42.5 Å². The van der Waals surface area contributed by atoms with Crippen LogP contribution >= 0.6 is 0 Å². The van der Waals surface area contributed by atoms with Gasteiger partial charge in [-0.25, -0.2) is 8.78 Å². The van der Waals surface area contributed by atoms with Gasteiger partial charge >= 0.3 is 0 Å². The molecule has 0 saturated carbocycles. The molecule has 0 spiro atoms. The molecule has 1 saturated heterocycles. The molecule has 2 aromatic rings. The summed E-state index contributed by atoms with van der Waals surface area (Å²) in [7, 11) is 0. The van der Waals surface area contributed by atoms with Gasteiger partial charge in [0.2, 0.25) is 0 Å². The minimum Gasteiger partial charge on any atom is -0.484 e. The minimum absolute atomic E-state index is 0.188. The SMILES string of the molecule is NC(=O)COc1cccc(C2(Cc3ccccc3)CN(CC(F)F)C2)c1. The van der Waals surface area contributed by atoms with Crippen LogP contribution in [0.25, 0.3) is 0 Å². The van der Waals surface area contributed by atoms with Crippen molar-refractivity contribution >= 4 is 5.91 Å². The first-order valence-corrected chi connectivity index (χ1v) is 8.53. The lowest BCUT2D eigenvalue weighted by Gasteiger charge is -2.51. The first-order chi connectivity index (χ1) is 12.5. The number of carbonyl (C=O) groups excluding carboxylic acids is 1. The molecular formula is C20H22F2N2O2. The third-order valence-electron chi connectivity index (χ3n) is 4.66. The van der Waals surface area contributed by atoms with Gasteiger partial charge in [0.1, 0.15) is 5.75 Å². The van der Waals surface area contributed by atoms with Crippen molar-refractivity contribution in [1.82, 2.24) is 4.90 Å². The van der Waals surface area contributed by atoms with Crippen LogP contribution in [-0.2, 0) is 16.6 Å². The maximum atomic E-state index is 12.7. The van der Waals surface area contributed by atoms with E-state index in [1.807, 2.05) is 48.5 Å². The summed E-state index contributed by atoms with van der Waals surface area (Å²) in [5.41, 5.74) is 7.06. The fourth-order valence-corrected chi connectivity index (χ4v) is 3.59. The van der Waals surface area contributed by atoms with Gasteiger partial charge in [-0.3, -0.25) is 9.69 Å². The van der Waals surface area contributed by atoms with Gasteiger partial charge in [0.05, 0.1) is 6.54 Å². The average molecular weight is 360 g/mol. The Bertz CT molecular complexity index is 746. The van der Waals surface area contributed by atoms with Gasteiger partial charge in [0.15, 0.2) is 6.61 Å². The van der Waals surface area contributed by atoms with E-state index in [-0.39, 0.29) is 18.6 Å². The van der Waals surface area contributed by atoms with Crippen LogP contribution in [0.5, 0.6) is 5.75 Å². The lowest BCUT2D eigenvalue weighted by Crippen LogP contribution is -2.61. The van der Waals surface area contributed by atoms with Crippen molar-refractivity contribution in [3.63, 3.8) is 0 Å². The molecule has 26 heavy (non-hydrogen) atoms. The van der Waals surface area contributed by atoms with Crippen molar-refractivity contribution in [2.24, 2.45) is 5.73 Å². The largest absolute Gasteiger partial charge is 0.484 e. The van der Waals surface area contributed by atoms with E-state index in [1.54, 1.807) is 11.0 Å². The van der Waals surface area contributed by atoms with E-state index in [1.165, 1.54) is 0 Å². The smallest absolute Gasteiger partial charge is 0.255 e. The predicted molar refractivity (Wildman–Crippen MR) is 95.4 cm³/mol. The number of ether oxygens (including phenoxy) is 1. The van der Waals surface area contributed by atoms with Gasteiger partial charge in [0.25, 0.3) is 12.3 Å². The highest BCUT2D eigenvalue weighted by molar-refractivity contribution is 5.75. The Hall–Kier alpha value is -2.47. The molecule has 2 N–H and O–H groups in total. The number of nitrogens with zero attached hydrogens (tertiary/aromatic N) is 1. The van der Waals surface area contributed by atoms with Gasteiger partial charge < -0.3 is 10.5 Å². The summed E-state index contributed by atoms with van der Waals surface area (Å²) < 4.78 is 30.8.